The Hall–Kier alpha value is -0.860. The zero-order chi connectivity index (χ0) is 27.6. The molecule has 0 aromatic carbocycles. The molecule has 0 bridgehead atoms. The Balaban J connectivity index is 1.42. The Bertz CT molecular complexity index is 919. The van der Waals surface area contributed by atoms with Crippen LogP contribution in [0.15, 0.2) is 11.6 Å². The molecule has 0 aromatic heterocycles. The van der Waals surface area contributed by atoms with Crippen LogP contribution in [-0.4, -0.2) is 42.4 Å². The van der Waals surface area contributed by atoms with Crippen molar-refractivity contribution in [2.75, 3.05) is 19.8 Å². The molecule has 220 valence electrons. The number of rotatable bonds is 10. The molecule has 0 saturated heterocycles. The van der Waals surface area contributed by atoms with E-state index in [-0.39, 0.29) is 22.5 Å². The summed E-state index contributed by atoms with van der Waals surface area (Å²) >= 11 is 0. The number of unbranched alkanes of at least 4 members (excludes halogenated alkanes) is 2. The fourth-order valence-electron chi connectivity index (χ4n) is 9.99. The molecule has 0 unspecified atom stereocenters. The van der Waals surface area contributed by atoms with Crippen LogP contribution in [0.2, 0.25) is 0 Å². The SMILES string of the molecule is CC#C[C@]1(OCCCCC)CC[C@H]2[C@@H]3CCC4=C[C@@H](O)CC[C@]4(COC4(OCC)CCCCC4)[C@H]3CC[C@@]21C. The summed E-state index contributed by atoms with van der Waals surface area (Å²) in [6.45, 7) is 11.2. The Labute approximate surface area is 239 Å². The van der Waals surface area contributed by atoms with Crippen LogP contribution in [0, 0.1) is 40.4 Å². The van der Waals surface area contributed by atoms with Crippen molar-refractivity contribution in [2.24, 2.45) is 28.6 Å². The van der Waals surface area contributed by atoms with Crippen LogP contribution in [0.5, 0.6) is 0 Å². The third kappa shape index (κ3) is 5.29. The van der Waals surface area contributed by atoms with Crippen molar-refractivity contribution in [1.29, 1.82) is 0 Å². The highest BCUT2D eigenvalue weighted by Gasteiger charge is 2.65. The molecule has 4 saturated carbocycles. The number of aliphatic hydroxyl groups is 1. The van der Waals surface area contributed by atoms with E-state index in [1.807, 2.05) is 6.92 Å². The first-order chi connectivity index (χ1) is 18.9. The number of ether oxygens (including phenoxy) is 3. The van der Waals surface area contributed by atoms with Gasteiger partial charge in [0.05, 0.1) is 12.7 Å². The quantitative estimate of drug-likeness (QED) is 0.132. The van der Waals surface area contributed by atoms with Crippen LogP contribution >= 0.6 is 0 Å². The molecule has 0 aliphatic heterocycles. The molecule has 0 heterocycles. The molecule has 39 heavy (non-hydrogen) atoms. The van der Waals surface area contributed by atoms with Gasteiger partial charge in [-0.15, -0.1) is 5.92 Å². The maximum absolute atomic E-state index is 10.7. The maximum Gasteiger partial charge on any atom is 0.168 e. The summed E-state index contributed by atoms with van der Waals surface area (Å²) in [7, 11) is 0. The van der Waals surface area contributed by atoms with E-state index >= 15 is 0 Å². The van der Waals surface area contributed by atoms with Gasteiger partial charge in [-0.1, -0.05) is 50.7 Å². The van der Waals surface area contributed by atoms with Gasteiger partial charge in [0, 0.05) is 36.9 Å². The molecular formula is C35H56O4. The van der Waals surface area contributed by atoms with Crippen LogP contribution in [0.25, 0.3) is 0 Å². The Morgan fingerprint density at radius 2 is 1.69 bits per heavy atom. The zero-order valence-electron chi connectivity index (χ0n) is 25.5. The Kier molecular flexibility index (Phi) is 9.24. The van der Waals surface area contributed by atoms with Crippen LogP contribution in [0.4, 0.5) is 0 Å². The summed E-state index contributed by atoms with van der Waals surface area (Å²) in [5.41, 5.74) is 1.34. The van der Waals surface area contributed by atoms with Gasteiger partial charge in [-0.3, -0.25) is 0 Å². The van der Waals surface area contributed by atoms with Gasteiger partial charge in [0.15, 0.2) is 5.79 Å². The van der Waals surface area contributed by atoms with Crippen molar-refractivity contribution in [2.45, 2.75) is 148 Å². The second-order valence-electron chi connectivity index (χ2n) is 13.8. The zero-order valence-corrected chi connectivity index (χ0v) is 25.5. The predicted molar refractivity (Wildman–Crippen MR) is 157 cm³/mol. The highest BCUT2D eigenvalue weighted by molar-refractivity contribution is 5.30. The summed E-state index contributed by atoms with van der Waals surface area (Å²) in [6.07, 6.45) is 20.1. The fraction of sp³-hybridized carbons (Fsp3) is 0.886. The van der Waals surface area contributed by atoms with Crippen LogP contribution < -0.4 is 0 Å². The minimum absolute atomic E-state index is 0.0364. The second kappa shape index (κ2) is 12.2. The molecule has 7 atom stereocenters. The van der Waals surface area contributed by atoms with Crippen molar-refractivity contribution in [3.05, 3.63) is 11.6 Å². The summed E-state index contributed by atoms with van der Waals surface area (Å²) < 4.78 is 20.2. The highest BCUT2D eigenvalue weighted by Crippen LogP contribution is 2.68. The van der Waals surface area contributed by atoms with Gasteiger partial charge >= 0.3 is 0 Å². The van der Waals surface area contributed by atoms with Gasteiger partial charge in [0.25, 0.3) is 0 Å². The lowest BCUT2D eigenvalue weighted by atomic mass is 9.46. The average Bonchev–Trinajstić information content (AvgIpc) is 3.23. The van der Waals surface area contributed by atoms with Gasteiger partial charge in [0.2, 0.25) is 0 Å². The van der Waals surface area contributed by atoms with Crippen molar-refractivity contribution < 1.29 is 19.3 Å². The van der Waals surface area contributed by atoms with Crippen LogP contribution in [0.1, 0.15) is 130 Å². The molecule has 1 N–H and O–H groups in total. The van der Waals surface area contributed by atoms with Gasteiger partial charge in [0.1, 0.15) is 5.60 Å². The summed E-state index contributed by atoms with van der Waals surface area (Å²) in [5, 5.41) is 10.7. The normalized spacial score (nSPS) is 41.0. The van der Waals surface area contributed by atoms with E-state index in [1.54, 1.807) is 0 Å². The number of hydrogen-bond acceptors (Lipinski definition) is 4. The molecule has 5 aliphatic carbocycles. The van der Waals surface area contributed by atoms with Crippen LogP contribution in [0.3, 0.4) is 0 Å². The first kappa shape index (κ1) is 29.6. The van der Waals surface area contributed by atoms with E-state index in [4.69, 9.17) is 14.2 Å². The standard InChI is InChI=1S/C35H56O4/c1-5-8-12-24-38-34(18-6-2)23-17-30-29-14-13-27-25-28(36)15-22-33(27,31(29)16-21-32(30,34)4)26-39-35(37-7-3)19-10-9-11-20-35/h25,28-31,36H,5,7-17,19-24,26H2,1-4H3/t28-,29-,30-,31-,32-,33+,34-/m0/s1. The van der Waals surface area contributed by atoms with Gasteiger partial charge < -0.3 is 19.3 Å². The second-order valence-corrected chi connectivity index (χ2v) is 13.8. The van der Waals surface area contributed by atoms with Gasteiger partial charge in [-0.25, -0.2) is 0 Å². The smallest absolute Gasteiger partial charge is 0.168 e. The third-order valence-electron chi connectivity index (χ3n) is 12.0. The molecule has 5 rings (SSSR count). The molecule has 0 spiro atoms. The van der Waals surface area contributed by atoms with E-state index in [0.29, 0.717) is 24.4 Å². The molecule has 0 aromatic rings. The van der Waals surface area contributed by atoms with Crippen LogP contribution in [-0.2, 0) is 14.2 Å². The topological polar surface area (TPSA) is 47.9 Å². The molecule has 0 radical (unpaired) electrons. The lowest BCUT2D eigenvalue weighted by Gasteiger charge is -2.60. The van der Waals surface area contributed by atoms with Gasteiger partial charge in [-0.2, -0.15) is 0 Å². The van der Waals surface area contributed by atoms with E-state index in [0.717, 1.165) is 58.2 Å². The molecule has 4 fully saturated rings. The molecular weight excluding hydrogens is 484 g/mol. The summed E-state index contributed by atoms with van der Waals surface area (Å²) in [4.78, 5) is 0. The Morgan fingerprint density at radius 3 is 2.44 bits per heavy atom. The van der Waals surface area contributed by atoms with Crippen molar-refractivity contribution in [3.63, 3.8) is 0 Å². The molecule has 5 aliphatic rings. The third-order valence-corrected chi connectivity index (χ3v) is 12.0. The van der Waals surface area contributed by atoms with Crippen molar-refractivity contribution in [3.8, 4) is 11.8 Å². The van der Waals surface area contributed by atoms with E-state index in [1.165, 1.54) is 63.4 Å². The lowest BCUT2D eigenvalue weighted by Crippen LogP contribution is -2.57. The summed E-state index contributed by atoms with van der Waals surface area (Å²) in [6, 6.07) is 0. The minimum atomic E-state index is -0.412. The first-order valence-electron chi connectivity index (χ1n) is 16.6. The van der Waals surface area contributed by atoms with Crippen molar-refractivity contribution >= 4 is 0 Å². The van der Waals surface area contributed by atoms with Gasteiger partial charge in [-0.05, 0) is 102 Å². The monoisotopic (exact) mass is 540 g/mol. The molecule has 4 nitrogen and oxygen atoms in total. The first-order valence-corrected chi connectivity index (χ1v) is 16.6. The average molecular weight is 541 g/mol. The maximum atomic E-state index is 10.7. The molecule has 4 heteroatoms. The highest BCUT2D eigenvalue weighted by atomic mass is 16.7. The predicted octanol–water partition coefficient (Wildman–Crippen LogP) is 7.97. The van der Waals surface area contributed by atoms with E-state index < -0.39 is 5.79 Å². The van der Waals surface area contributed by atoms with E-state index in [2.05, 4.69) is 38.7 Å². The minimum Gasteiger partial charge on any atom is -0.389 e. The number of aliphatic hydroxyl groups excluding tert-OH is 1. The van der Waals surface area contributed by atoms with Crippen molar-refractivity contribution in [1.82, 2.24) is 0 Å². The largest absolute Gasteiger partial charge is 0.389 e. The molecule has 0 amide bonds. The number of fused-ring (bicyclic) bond motifs is 5. The Morgan fingerprint density at radius 1 is 0.897 bits per heavy atom. The van der Waals surface area contributed by atoms with E-state index in [9.17, 15) is 5.11 Å². The lowest BCUT2D eigenvalue weighted by molar-refractivity contribution is -0.268. The fourth-order valence-corrected chi connectivity index (χ4v) is 9.99. The summed E-state index contributed by atoms with van der Waals surface area (Å²) in [5.74, 6) is 8.49. The number of hydrogen-bond donors (Lipinski definition) is 1.